The lowest BCUT2D eigenvalue weighted by Crippen LogP contribution is -2.40. The molecule has 0 amide bonds. The molecule has 4 aromatic carbocycles. The predicted molar refractivity (Wildman–Crippen MR) is 165 cm³/mol. The molecule has 0 N–H and O–H groups in total. The molecular weight excluding hydrogens is 563 g/mol. The van der Waals surface area contributed by atoms with E-state index < -0.39 is 17.8 Å². The lowest BCUT2D eigenvalue weighted by atomic mass is 9.93. The molecule has 0 saturated heterocycles. The molecule has 2 heterocycles. The number of thiazole rings is 1. The minimum atomic E-state index is -0.867. The number of ether oxygens (including phenoxy) is 2. The fraction of sp³-hybridized carbons (Fsp3) is 0.114. The van der Waals surface area contributed by atoms with E-state index in [0.717, 1.165) is 11.1 Å². The third kappa shape index (κ3) is 5.96. The summed E-state index contributed by atoms with van der Waals surface area (Å²) in [4.78, 5) is 32.8. The number of nitrogens with zero attached hydrogens (tertiary/aromatic N) is 2. The van der Waals surface area contributed by atoms with Gasteiger partial charge in [0.15, 0.2) is 4.80 Å². The Kier molecular flexibility index (Phi) is 8.11. The number of rotatable bonds is 8. The lowest BCUT2D eigenvalue weighted by Gasteiger charge is -2.25. The molecule has 43 heavy (non-hydrogen) atoms. The number of benzene rings is 4. The van der Waals surface area contributed by atoms with Crippen LogP contribution >= 0.6 is 11.3 Å². The van der Waals surface area contributed by atoms with Gasteiger partial charge in [0.25, 0.3) is 5.56 Å². The van der Waals surface area contributed by atoms with Gasteiger partial charge in [-0.1, -0.05) is 96.3 Å². The van der Waals surface area contributed by atoms with Gasteiger partial charge in [-0.05, 0) is 54.0 Å². The zero-order chi connectivity index (χ0) is 29.8. The van der Waals surface area contributed by atoms with E-state index in [1.165, 1.54) is 28.0 Å². The molecule has 1 aromatic heterocycles. The fourth-order valence-corrected chi connectivity index (χ4v) is 5.99. The third-order valence-electron chi connectivity index (χ3n) is 6.96. The Bertz CT molecular complexity index is 1980. The van der Waals surface area contributed by atoms with Crippen LogP contribution in [0.4, 0.5) is 4.39 Å². The number of hydrogen-bond donors (Lipinski definition) is 0. The van der Waals surface area contributed by atoms with Crippen molar-refractivity contribution < 1.29 is 18.7 Å². The zero-order valence-electron chi connectivity index (χ0n) is 23.3. The Hall–Kier alpha value is -5.08. The third-order valence-corrected chi connectivity index (χ3v) is 7.95. The van der Waals surface area contributed by atoms with Crippen LogP contribution in [0.3, 0.4) is 0 Å². The minimum Gasteiger partial charge on any atom is -0.489 e. The van der Waals surface area contributed by atoms with E-state index in [-0.39, 0.29) is 17.7 Å². The van der Waals surface area contributed by atoms with Crippen molar-refractivity contribution in [3.05, 3.63) is 163 Å². The molecule has 1 aliphatic rings. The first kappa shape index (κ1) is 28.1. The highest BCUT2D eigenvalue weighted by Crippen LogP contribution is 2.35. The monoisotopic (exact) mass is 590 g/mol. The average molecular weight is 591 g/mol. The van der Waals surface area contributed by atoms with Gasteiger partial charge in [0.1, 0.15) is 18.2 Å². The Morgan fingerprint density at radius 3 is 2.40 bits per heavy atom. The maximum Gasteiger partial charge on any atom is 0.338 e. The number of esters is 1. The summed E-state index contributed by atoms with van der Waals surface area (Å²) < 4.78 is 27.4. The number of fused-ring (bicyclic) bond motifs is 1. The molecule has 8 heteroatoms. The Balaban J connectivity index is 1.49. The highest BCUT2D eigenvalue weighted by molar-refractivity contribution is 7.07. The van der Waals surface area contributed by atoms with Gasteiger partial charge in [-0.25, -0.2) is 14.2 Å². The zero-order valence-corrected chi connectivity index (χ0v) is 24.1. The topological polar surface area (TPSA) is 69.9 Å². The van der Waals surface area contributed by atoms with Gasteiger partial charge in [-0.15, -0.1) is 0 Å². The van der Waals surface area contributed by atoms with E-state index in [9.17, 15) is 14.0 Å². The van der Waals surface area contributed by atoms with Gasteiger partial charge in [-0.2, -0.15) is 0 Å². The molecule has 1 aliphatic heterocycles. The molecule has 1 atom stereocenters. The van der Waals surface area contributed by atoms with Crippen molar-refractivity contribution in [2.24, 2.45) is 4.99 Å². The van der Waals surface area contributed by atoms with Crippen molar-refractivity contribution in [3.63, 3.8) is 0 Å². The summed E-state index contributed by atoms with van der Waals surface area (Å²) in [6.07, 6.45) is 1.79. The second kappa shape index (κ2) is 12.4. The highest BCUT2D eigenvalue weighted by Gasteiger charge is 2.35. The minimum absolute atomic E-state index is 0.146. The second-order valence-electron chi connectivity index (χ2n) is 9.83. The maximum atomic E-state index is 14.0. The molecule has 0 spiro atoms. The maximum absolute atomic E-state index is 14.0. The largest absolute Gasteiger partial charge is 0.489 e. The summed E-state index contributed by atoms with van der Waals surface area (Å²) in [5, 5.41) is 0. The molecule has 0 unspecified atom stereocenters. The molecule has 5 aromatic rings. The van der Waals surface area contributed by atoms with Crippen LogP contribution in [0.2, 0.25) is 0 Å². The first-order valence-electron chi connectivity index (χ1n) is 13.8. The molecule has 214 valence electrons. The number of carbonyl (C=O) groups excluding carboxylic acids is 1. The summed E-state index contributed by atoms with van der Waals surface area (Å²) in [5.41, 5.74) is 3.42. The van der Waals surface area contributed by atoms with Gasteiger partial charge in [0, 0.05) is 5.56 Å². The highest BCUT2D eigenvalue weighted by atomic mass is 32.1. The smallest absolute Gasteiger partial charge is 0.338 e. The van der Waals surface area contributed by atoms with Gasteiger partial charge in [0.05, 0.1) is 28.5 Å². The number of hydrogen-bond acceptors (Lipinski definition) is 6. The van der Waals surface area contributed by atoms with Crippen LogP contribution < -0.4 is 19.6 Å². The second-order valence-corrected chi connectivity index (χ2v) is 10.8. The van der Waals surface area contributed by atoms with Gasteiger partial charge < -0.3 is 9.47 Å². The number of aromatic nitrogens is 1. The van der Waals surface area contributed by atoms with E-state index in [1.54, 1.807) is 25.1 Å². The van der Waals surface area contributed by atoms with Crippen LogP contribution in [0.5, 0.6) is 5.75 Å². The molecule has 0 bridgehead atoms. The quantitative estimate of drug-likeness (QED) is 0.219. The van der Waals surface area contributed by atoms with E-state index in [0.29, 0.717) is 38.5 Å². The van der Waals surface area contributed by atoms with E-state index in [1.807, 2.05) is 84.9 Å². The molecule has 0 aliphatic carbocycles. The Morgan fingerprint density at radius 1 is 0.953 bits per heavy atom. The van der Waals surface area contributed by atoms with Gasteiger partial charge >= 0.3 is 5.97 Å². The molecule has 6 rings (SSSR count). The molecule has 6 nitrogen and oxygen atoms in total. The SMILES string of the molecule is CCOC(=O)C1=C(c2ccccc2)N=c2s/c(=C/c3cccc(OCc4ccccc4)c3)c(=O)n2[C@H]1c1ccc(F)cc1. The Labute approximate surface area is 251 Å². The van der Waals surface area contributed by atoms with Crippen LogP contribution in [0.25, 0.3) is 11.8 Å². The van der Waals surface area contributed by atoms with E-state index >= 15 is 0 Å². The van der Waals surface area contributed by atoms with E-state index in [2.05, 4.69) is 0 Å². The van der Waals surface area contributed by atoms with Crippen molar-refractivity contribution in [1.29, 1.82) is 0 Å². The van der Waals surface area contributed by atoms with Crippen molar-refractivity contribution in [2.75, 3.05) is 6.61 Å². The molecule has 0 saturated carbocycles. The van der Waals surface area contributed by atoms with E-state index in [4.69, 9.17) is 14.5 Å². The number of halogens is 1. The van der Waals surface area contributed by atoms with Crippen LogP contribution in [0.15, 0.2) is 125 Å². The predicted octanol–water partition coefficient (Wildman–Crippen LogP) is 5.65. The Morgan fingerprint density at radius 2 is 1.67 bits per heavy atom. The number of carbonyl (C=O) groups is 1. The first-order chi connectivity index (χ1) is 21.0. The van der Waals surface area contributed by atoms with Gasteiger partial charge in [-0.3, -0.25) is 9.36 Å². The average Bonchev–Trinajstić information content (AvgIpc) is 3.35. The van der Waals surface area contributed by atoms with Crippen LogP contribution in [0, 0.1) is 5.82 Å². The molecule has 0 fully saturated rings. The van der Waals surface area contributed by atoms with Crippen molar-refractivity contribution in [1.82, 2.24) is 4.57 Å². The summed E-state index contributed by atoms with van der Waals surface area (Å²) in [6.45, 7) is 2.29. The van der Waals surface area contributed by atoms with Crippen LogP contribution in [-0.4, -0.2) is 17.1 Å². The van der Waals surface area contributed by atoms with Crippen molar-refractivity contribution in [3.8, 4) is 5.75 Å². The van der Waals surface area contributed by atoms with Crippen LogP contribution in [0.1, 0.15) is 35.2 Å². The first-order valence-corrected chi connectivity index (χ1v) is 14.6. The summed E-state index contributed by atoms with van der Waals surface area (Å²) >= 11 is 1.23. The van der Waals surface area contributed by atoms with Gasteiger partial charge in [0.2, 0.25) is 0 Å². The van der Waals surface area contributed by atoms with Crippen LogP contribution in [-0.2, 0) is 16.1 Å². The van der Waals surface area contributed by atoms with Crippen molar-refractivity contribution in [2.45, 2.75) is 19.6 Å². The molecule has 0 radical (unpaired) electrons. The van der Waals surface area contributed by atoms with Crippen molar-refractivity contribution >= 4 is 29.1 Å². The standard InChI is InChI=1S/C35H27FN2O4S/c1-2-41-34(40)30-31(25-13-7-4-8-14-25)37-35-38(32(30)26-16-18-27(36)19-17-26)33(39)29(43-35)21-24-12-9-15-28(20-24)42-22-23-10-5-3-6-11-23/h3-21,32H,2,22H2,1H3/b29-21+/t32-/m0/s1. The summed E-state index contributed by atoms with van der Waals surface area (Å²) in [5.74, 6) is -0.335. The summed E-state index contributed by atoms with van der Waals surface area (Å²) in [7, 11) is 0. The normalized spacial score (nSPS) is 14.7. The fourth-order valence-electron chi connectivity index (χ4n) is 4.99. The summed E-state index contributed by atoms with van der Waals surface area (Å²) in [6, 6.07) is 31.6. The lowest BCUT2D eigenvalue weighted by molar-refractivity contribution is -0.138. The molecular formula is C35H27FN2O4S.